The standard InChI is InChI=1S/C13H11IN2O2/c1-18-12-7-6-9(8-15-12)13(17)16-11-5-3-2-4-10(11)14/h2-8H,1H3,(H,16,17). The summed E-state index contributed by atoms with van der Waals surface area (Å²) in [6.07, 6.45) is 1.49. The van der Waals surface area contributed by atoms with Crippen LogP contribution >= 0.6 is 22.6 Å². The molecule has 0 aliphatic rings. The van der Waals surface area contributed by atoms with Crippen LogP contribution in [0, 0.1) is 3.57 Å². The van der Waals surface area contributed by atoms with E-state index < -0.39 is 0 Å². The summed E-state index contributed by atoms with van der Waals surface area (Å²) in [6, 6.07) is 10.9. The third kappa shape index (κ3) is 2.98. The normalized spacial score (nSPS) is 9.89. The average Bonchev–Trinajstić information content (AvgIpc) is 2.41. The number of aromatic nitrogens is 1. The summed E-state index contributed by atoms with van der Waals surface area (Å²) in [5.74, 6) is 0.301. The van der Waals surface area contributed by atoms with Crippen LogP contribution in [0.5, 0.6) is 5.88 Å². The van der Waals surface area contributed by atoms with Gasteiger partial charge in [-0.1, -0.05) is 12.1 Å². The first-order valence-corrected chi connectivity index (χ1v) is 6.34. The number of anilines is 1. The molecule has 2 aromatic rings. The van der Waals surface area contributed by atoms with Gasteiger partial charge in [0.25, 0.3) is 5.91 Å². The number of nitrogens with one attached hydrogen (secondary N) is 1. The second kappa shape index (κ2) is 5.81. The molecular weight excluding hydrogens is 343 g/mol. The van der Waals surface area contributed by atoms with Gasteiger partial charge in [-0.25, -0.2) is 4.98 Å². The molecule has 0 fully saturated rings. The summed E-state index contributed by atoms with van der Waals surface area (Å²) in [7, 11) is 1.54. The van der Waals surface area contributed by atoms with Crippen LogP contribution in [-0.2, 0) is 0 Å². The van der Waals surface area contributed by atoms with E-state index in [1.807, 2.05) is 24.3 Å². The summed E-state index contributed by atoms with van der Waals surface area (Å²) in [5, 5.41) is 2.84. The fourth-order valence-electron chi connectivity index (χ4n) is 1.39. The smallest absolute Gasteiger partial charge is 0.257 e. The molecular formula is C13H11IN2O2. The molecule has 1 aromatic heterocycles. The highest BCUT2D eigenvalue weighted by Gasteiger charge is 2.08. The third-order valence-electron chi connectivity index (χ3n) is 2.33. The van der Waals surface area contributed by atoms with Gasteiger partial charge in [0.1, 0.15) is 0 Å². The van der Waals surface area contributed by atoms with E-state index >= 15 is 0 Å². The number of ether oxygens (including phenoxy) is 1. The summed E-state index contributed by atoms with van der Waals surface area (Å²) in [5.41, 5.74) is 1.29. The van der Waals surface area contributed by atoms with Gasteiger partial charge in [-0.05, 0) is 40.8 Å². The SMILES string of the molecule is COc1ccc(C(=O)Nc2ccccc2I)cn1. The number of amides is 1. The molecule has 1 aromatic carbocycles. The molecule has 0 unspecified atom stereocenters. The van der Waals surface area contributed by atoms with E-state index in [1.165, 1.54) is 13.3 Å². The summed E-state index contributed by atoms with van der Waals surface area (Å²) < 4.78 is 5.93. The number of nitrogens with zero attached hydrogens (tertiary/aromatic N) is 1. The minimum absolute atomic E-state index is 0.186. The van der Waals surface area contributed by atoms with Gasteiger partial charge >= 0.3 is 0 Å². The predicted molar refractivity (Wildman–Crippen MR) is 77.9 cm³/mol. The number of benzene rings is 1. The van der Waals surface area contributed by atoms with E-state index in [-0.39, 0.29) is 5.91 Å². The lowest BCUT2D eigenvalue weighted by Crippen LogP contribution is -2.13. The Morgan fingerprint density at radius 1 is 1.28 bits per heavy atom. The van der Waals surface area contributed by atoms with E-state index in [2.05, 4.69) is 32.9 Å². The Bertz CT molecular complexity index is 555. The fraction of sp³-hybridized carbons (Fsp3) is 0.0769. The quantitative estimate of drug-likeness (QED) is 0.863. The predicted octanol–water partition coefficient (Wildman–Crippen LogP) is 2.95. The largest absolute Gasteiger partial charge is 0.481 e. The van der Waals surface area contributed by atoms with Crippen LogP contribution in [0.25, 0.3) is 0 Å². The van der Waals surface area contributed by atoms with Crippen molar-refractivity contribution >= 4 is 34.2 Å². The minimum Gasteiger partial charge on any atom is -0.481 e. The highest BCUT2D eigenvalue weighted by atomic mass is 127. The lowest BCUT2D eigenvalue weighted by Gasteiger charge is -2.07. The molecule has 0 atom stereocenters. The summed E-state index contributed by atoms with van der Waals surface area (Å²) in [4.78, 5) is 16.0. The Labute approximate surface area is 119 Å². The van der Waals surface area contributed by atoms with Crippen molar-refractivity contribution < 1.29 is 9.53 Å². The topological polar surface area (TPSA) is 51.2 Å². The van der Waals surface area contributed by atoms with Gasteiger partial charge < -0.3 is 10.1 Å². The fourth-order valence-corrected chi connectivity index (χ4v) is 1.91. The number of hydrogen-bond acceptors (Lipinski definition) is 3. The summed E-state index contributed by atoms with van der Waals surface area (Å²) in [6.45, 7) is 0. The number of carbonyl (C=O) groups excluding carboxylic acids is 1. The summed E-state index contributed by atoms with van der Waals surface area (Å²) >= 11 is 2.17. The van der Waals surface area contributed by atoms with Gasteiger partial charge in [0.15, 0.2) is 0 Å². The molecule has 1 amide bonds. The number of methoxy groups -OCH3 is 1. The number of carbonyl (C=O) groups is 1. The number of pyridine rings is 1. The van der Waals surface area contributed by atoms with Crippen LogP contribution in [0.3, 0.4) is 0 Å². The Hall–Kier alpha value is -1.63. The first-order valence-electron chi connectivity index (χ1n) is 5.26. The average molecular weight is 354 g/mol. The molecule has 18 heavy (non-hydrogen) atoms. The van der Waals surface area contributed by atoms with Crippen LogP contribution in [-0.4, -0.2) is 18.0 Å². The Morgan fingerprint density at radius 2 is 2.06 bits per heavy atom. The first-order chi connectivity index (χ1) is 8.70. The van der Waals surface area contributed by atoms with Crippen LogP contribution in [0.4, 0.5) is 5.69 Å². The van der Waals surface area contributed by atoms with Gasteiger partial charge in [-0.2, -0.15) is 0 Å². The van der Waals surface area contributed by atoms with Crippen molar-refractivity contribution in [3.8, 4) is 5.88 Å². The first kappa shape index (κ1) is 12.8. The molecule has 92 valence electrons. The molecule has 0 radical (unpaired) electrons. The molecule has 1 N–H and O–H groups in total. The lowest BCUT2D eigenvalue weighted by molar-refractivity contribution is 0.102. The van der Waals surface area contributed by atoms with Crippen LogP contribution in [0.15, 0.2) is 42.6 Å². The van der Waals surface area contributed by atoms with Gasteiger partial charge in [0, 0.05) is 15.8 Å². The molecule has 0 spiro atoms. The maximum atomic E-state index is 12.0. The second-order valence-corrected chi connectivity index (χ2v) is 4.69. The highest BCUT2D eigenvalue weighted by Crippen LogP contribution is 2.18. The van der Waals surface area contributed by atoms with E-state index in [4.69, 9.17) is 4.74 Å². The van der Waals surface area contributed by atoms with Gasteiger partial charge in [0.05, 0.1) is 18.4 Å². The molecule has 0 saturated heterocycles. The highest BCUT2D eigenvalue weighted by molar-refractivity contribution is 14.1. The van der Waals surface area contributed by atoms with Crippen LogP contribution in [0.2, 0.25) is 0 Å². The van der Waals surface area contributed by atoms with Crippen molar-refractivity contribution in [3.63, 3.8) is 0 Å². The molecule has 0 aliphatic carbocycles. The zero-order chi connectivity index (χ0) is 13.0. The molecule has 1 heterocycles. The number of rotatable bonds is 3. The number of para-hydroxylation sites is 1. The Balaban J connectivity index is 2.14. The van der Waals surface area contributed by atoms with Crippen molar-refractivity contribution in [2.24, 2.45) is 0 Å². The van der Waals surface area contributed by atoms with Crippen molar-refractivity contribution in [3.05, 3.63) is 51.7 Å². The van der Waals surface area contributed by atoms with Crippen molar-refractivity contribution in [2.75, 3.05) is 12.4 Å². The zero-order valence-corrected chi connectivity index (χ0v) is 11.8. The molecule has 0 saturated carbocycles. The van der Waals surface area contributed by atoms with Gasteiger partial charge in [0.2, 0.25) is 5.88 Å². The van der Waals surface area contributed by atoms with E-state index in [1.54, 1.807) is 12.1 Å². The minimum atomic E-state index is -0.186. The third-order valence-corrected chi connectivity index (χ3v) is 3.27. The van der Waals surface area contributed by atoms with Crippen LogP contribution < -0.4 is 10.1 Å². The van der Waals surface area contributed by atoms with Crippen molar-refractivity contribution in [1.82, 2.24) is 4.98 Å². The molecule has 0 aliphatic heterocycles. The molecule has 5 heteroatoms. The van der Waals surface area contributed by atoms with E-state index in [9.17, 15) is 4.79 Å². The Morgan fingerprint density at radius 3 is 2.67 bits per heavy atom. The van der Waals surface area contributed by atoms with E-state index in [0.29, 0.717) is 11.4 Å². The van der Waals surface area contributed by atoms with Crippen molar-refractivity contribution in [1.29, 1.82) is 0 Å². The monoisotopic (exact) mass is 354 g/mol. The number of hydrogen-bond donors (Lipinski definition) is 1. The van der Waals surface area contributed by atoms with E-state index in [0.717, 1.165) is 9.26 Å². The lowest BCUT2D eigenvalue weighted by atomic mass is 10.2. The number of halogens is 1. The maximum Gasteiger partial charge on any atom is 0.257 e. The maximum absolute atomic E-state index is 12.0. The molecule has 4 nitrogen and oxygen atoms in total. The van der Waals surface area contributed by atoms with Crippen LogP contribution in [0.1, 0.15) is 10.4 Å². The van der Waals surface area contributed by atoms with Crippen molar-refractivity contribution in [2.45, 2.75) is 0 Å². The van der Waals surface area contributed by atoms with Gasteiger partial charge in [-0.3, -0.25) is 4.79 Å². The van der Waals surface area contributed by atoms with Gasteiger partial charge in [-0.15, -0.1) is 0 Å². The zero-order valence-electron chi connectivity index (χ0n) is 9.68. The second-order valence-electron chi connectivity index (χ2n) is 3.52. The molecule has 2 rings (SSSR count). The molecule has 0 bridgehead atoms. The Kier molecular flexibility index (Phi) is 4.14.